The fourth-order valence-corrected chi connectivity index (χ4v) is 5.41. The third kappa shape index (κ3) is 8.69. The van der Waals surface area contributed by atoms with Crippen molar-refractivity contribution in [1.82, 2.24) is 4.90 Å². The molecule has 0 spiro atoms. The molecule has 1 aliphatic rings. The summed E-state index contributed by atoms with van der Waals surface area (Å²) in [7, 11) is 4.92. The van der Waals surface area contributed by atoms with Crippen LogP contribution in [-0.2, 0) is 27.8 Å². The summed E-state index contributed by atoms with van der Waals surface area (Å²) in [6.45, 7) is 3.56. The third-order valence-electron chi connectivity index (χ3n) is 6.83. The molecule has 0 bridgehead atoms. The van der Waals surface area contributed by atoms with Crippen molar-refractivity contribution in [3.05, 3.63) is 77.4 Å². The number of methoxy groups -OCH3 is 3. The highest BCUT2D eigenvalue weighted by atomic mass is 32.2. The van der Waals surface area contributed by atoms with E-state index in [9.17, 15) is 13.2 Å². The molecule has 4 rings (SSSR count). The van der Waals surface area contributed by atoms with Gasteiger partial charge in [-0.05, 0) is 81.2 Å². The average Bonchev–Trinajstić information content (AvgIpc) is 2.94. The van der Waals surface area contributed by atoms with Crippen LogP contribution in [0.1, 0.15) is 23.1 Å². The Hall–Kier alpha value is -3.60. The number of hydrogen-bond acceptors (Lipinski definition) is 7. The second kappa shape index (κ2) is 14.3. The summed E-state index contributed by atoms with van der Waals surface area (Å²) in [6, 6.07) is 18.1. The minimum absolute atomic E-state index is 0.0666. The van der Waals surface area contributed by atoms with E-state index in [1.807, 2.05) is 30.0 Å². The molecule has 1 aliphatic heterocycles. The van der Waals surface area contributed by atoms with Gasteiger partial charge in [0.15, 0.2) is 11.5 Å². The molecular weight excluding hydrogens is 544 g/mol. The van der Waals surface area contributed by atoms with Crippen LogP contribution in [0, 0.1) is 12.8 Å². The maximum Gasteiger partial charge on any atom is 0.294 e. The van der Waals surface area contributed by atoms with Crippen molar-refractivity contribution in [3.63, 3.8) is 0 Å². The summed E-state index contributed by atoms with van der Waals surface area (Å²) in [5.41, 5.74) is 4.23. The number of rotatable bonds is 9. The molecule has 1 heterocycles. The molecule has 0 fully saturated rings. The number of anilines is 1. The van der Waals surface area contributed by atoms with Gasteiger partial charge in [0.2, 0.25) is 11.7 Å². The largest absolute Gasteiger partial charge is 0.493 e. The van der Waals surface area contributed by atoms with E-state index < -0.39 is 10.1 Å². The maximum absolute atomic E-state index is 13.2. The van der Waals surface area contributed by atoms with E-state index in [1.54, 1.807) is 33.5 Å². The minimum Gasteiger partial charge on any atom is -0.493 e. The molecule has 0 aromatic heterocycles. The van der Waals surface area contributed by atoms with E-state index in [-0.39, 0.29) is 10.8 Å². The van der Waals surface area contributed by atoms with Gasteiger partial charge < -0.3 is 24.0 Å². The first-order chi connectivity index (χ1) is 19.5. The van der Waals surface area contributed by atoms with Gasteiger partial charge in [0.1, 0.15) is 0 Å². The molecule has 1 atom stereocenters. The van der Waals surface area contributed by atoms with Gasteiger partial charge in [-0.3, -0.25) is 9.35 Å². The molecule has 9 nitrogen and oxygen atoms in total. The van der Waals surface area contributed by atoms with Gasteiger partial charge >= 0.3 is 0 Å². The Morgan fingerprint density at radius 3 is 2.12 bits per heavy atom. The molecule has 3 aromatic carbocycles. The monoisotopic (exact) mass is 584 g/mol. The number of benzene rings is 3. The number of carbonyl (C=O) groups excluding carboxylic acids is 1. The summed E-state index contributed by atoms with van der Waals surface area (Å²) < 4.78 is 45.8. The topological polar surface area (TPSA) is 106 Å². The Morgan fingerprint density at radius 1 is 0.976 bits per heavy atom. The van der Waals surface area contributed by atoms with Gasteiger partial charge in [0.25, 0.3) is 10.1 Å². The molecule has 1 N–H and O–H groups in total. The van der Waals surface area contributed by atoms with Crippen LogP contribution in [0.15, 0.2) is 65.6 Å². The van der Waals surface area contributed by atoms with Crippen LogP contribution in [0.2, 0.25) is 0 Å². The SMILES string of the molecule is COc1cc(CCC(=O)N2CC(CN(C)C)Cc3ccccc32)cc(OC)c1OC.Cc1ccc(S(=O)(=O)O)cc1. The Labute approximate surface area is 243 Å². The number of aryl methyl sites for hydroxylation is 2. The lowest BCUT2D eigenvalue weighted by atomic mass is 9.91. The van der Waals surface area contributed by atoms with Crippen LogP contribution < -0.4 is 19.1 Å². The Bertz CT molecular complexity index is 1400. The van der Waals surface area contributed by atoms with Gasteiger partial charge in [-0.25, -0.2) is 0 Å². The van der Waals surface area contributed by atoms with Crippen LogP contribution in [0.3, 0.4) is 0 Å². The molecule has 0 radical (unpaired) electrons. The molecule has 222 valence electrons. The lowest BCUT2D eigenvalue weighted by Gasteiger charge is -2.36. The molecule has 0 aliphatic carbocycles. The van der Waals surface area contributed by atoms with E-state index in [0.29, 0.717) is 36.0 Å². The highest BCUT2D eigenvalue weighted by Crippen LogP contribution is 2.38. The van der Waals surface area contributed by atoms with Gasteiger partial charge in [-0.2, -0.15) is 8.42 Å². The fraction of sp³-hybridized carbons (Fsp3) is 0.387. The number of fused-ring (bicyclic) bond motifs is 1. The maximum atomic E-state index is 13.2. The van der Waals surface area contributed by atoms with Crippen LogP contribution >= 0.6 is 0 Å². The van der Waals surface area contributed by atoms with Gasteiger partial charge in [0.05, 0.1) is 26.2 Å². The molecule has 1 amide bonds. The van der Waals surface area contributed by atoms with Gasteiger partial charge in [-0.15, -0.1) is 0 Å². The second-order valence-corrected chi connectivity index (χ2v) is 11.7. The summed E-state index contributed by atoms with van der Waals surface area (Å²) in [5, 5.41) is 0. The standard InChI is InChI=1S/C24H32N2O4.C7H8O3S/c1-25(2)15-18-12-19-8-6-7-9-20(19)26(16-18)23(27)11-10-17-13-21(28-3)24(30-5)22(14-17)29-4;1-6-2-4-7(5-3-6)11(8,9)10/h6-9,13-14,18H,10-12,15-16H2,1-5H3;2-5H,1H3,(H,8,9,10). The first kappa shape index (κ1) is 31.9. The Kier molecular flexibility index (Phi) is 11.2. The summed E-state index contributed by atoms with van der Waals surface area (Å²) in [5.74, 6) is 2.34. The lowest BCUT2D eigenvalue weighted by molar-refractivity contribution is -0.118. The van der Waals surface area contributed by atoms with Crippen molar-refractivity contribution in [2.24, 2.45) is 5.92 Å². The van der Waals surface area contributed by atoms with E-state index in [4.69, 9.17) is 18.8 Å². The summed E-state index contributed by atoms with van der Waals surface area (Å²) >= 11 is 0. The molecule has 3 aromatic rings. The van der Waals surface area contributed by atoms with Gasteiger partial charge in [0, 0.05) is 25.2 Å². The molecule has 41 heavy (non-hydrogen) atoms. The molecule has 0 saturated heterocycles. The highest BCUT2D eigenvalue weighted by Gasteiger charge is 2.28. The molecular formula is C31H40N2O7S. The summed E-state index contributed by atoms with van der Waals surface area (Å²) in [6.07, 6.45) is 2.03. The number of nitrogens with zero attached hydrogens (tertiary/aromatic N) is 2. The third-order valence-corrected chi connectivity index (χ3v) is 7.69. The fourth-order valence-electron chi connectivity index (χ4n) is 4.93. The van der Waals surface area contributed by atoms with Crippen molar-refractivity contribution in [2.75, 3.05) is 53.4 Å². The van der Waals surface area contributed by atoms with Crippen molar-refractivity contribution in [2.45, 2.75) is 31.1 Å². The zero-order chi connectivity index (χ0) is 30.2. The van der Waals surface area contributed by atoms with Crippen molar-refractivity contribution >= 4 is 21.7 Å². The van der Waals surface area contributed by atoms with E-state index in [2.05, 4.69) is 37.2 Å². The predicted octanol–water partition coefficient (Wildman–Crippen LogP) is 4.65. The van der Waals surface area contributed by atoms with E-state index >= 15 is 0 Å². The van der Waals surface area contributed by atoms with Crippen LogP contribution in [0.4, 0.5) is 5.69 Å². The zero-order valence-electron chi connectivity index (χ0n) is 24.6. The number of amides is 1. The Morgan fingerprint density at radius 2 is 1.59 bits per heavy atom. The number of hydrogen-bond donors (Lipinski definition) is 1. The zero-order valence-corrected chi connectivity index (χ0v) is 25.4. The number of carbonyl (C=O) groups is 1. The second-order valence-electron chi connectivity index (χ2n) is 10.3. The molecule has 10 heteroatoms. The highest BCUT2D eigenvalue weighted by molar-refractivity contribution is 7.85. The number of para-hydroxylation sites is 1. The van der Waals surface area contributed by atoms with E-state index in [0.717, 1.165) is 36.3 Å². The quantitative estimate of drug-likeness (QED) is 0.363. The summed E-state index contributed by atoms with van der Waals surface area (Å²) in [4.78, 5) is 17.3. The lowest BCUT2D eigenvalue weighted by Crippen LogP contribution is -2.43. The smallest absolute Gasteiger partial charge is 0.294 e. The van der Waals surface area contributed by atoms with Gasteiger partial charge in [-0.1, -0.05) is 35.9 Å². The van der Waals surface area contributed by atoms with Crippen molar-refractivity contribution in [1.29, 1.82) is 0 Å². The minimum atomic E-state index is -4.02. The van der Waals surface area contributed by atoms with Crippen molar-refractivity contribution < 1.29 is 32.0 Å². The first-order valence-electron chi connectivity index (χ1n) is 13.3. The molecule has 1 unspecified atom stereocenters. The predicted molar refractivity (Wildman–Crippen MR) is 160 cm³/mol. The normalized spacial score (nSPS) is 14.5. The van der Waals surface area contributed by atoms with Crippen LogP contribution in [0.25, 0.3) is 0 Å². The first-order valence-corrected chi connectivity index (χ1v) is 14.8. The van der Waals surface area contributed by atoms with E-state index in [1.165, 1.54) is 17.7 Å². The average molecular weight is 585 g/mol. The van der Waals surface area contributed by atoms with Crippen LogP contribution in [0.5, 0.6) is 17.2 Å². The molecule has 0 saturated carbocycles. The van der Waals surface area contributed by atoms with Crippen LogP contribution in [-0.4, -0.2) is 72.3 Å². The Balaban J connectivity index is 0.000000352. The van der Waals surface area contributed by atoms with Crippen molar-refractivity contribution in [3.8, 4) is 17.2 Å². The number of ether oxygens (including phenoxy) is 3.